The zero-order valence-corrected chi connectivity index (χ0v) is 15.6. The van der Waals surface area contributed by atoms with Crippen LogP contribution >= 0.6 is 0 Å². The number of ether oxygens (including phenoxy) is 2. The molecular weight excluding hydrogens is 385 g/mol. The number of halogens is 3. The second-order valence-electron chi connectivity index (χ2n) is 6.72. The fourth-order valence-corrected chi connectivity index (χ4v) is 3.93. The van der Waals surface area contributed by atoms with Crippen molar-refractivity contribution in [3.8, 4) is 11.5 Å². The van der Waals surface area contributed by atoms with Gasteiger partial charge in [0.2, 0.25) is 0 Å². The summed E-state index contributed by atoms with van der Waals surface area (Å²) in [6.07, 6.45) is 6.17. The van der Waals surface area contributed by atoms with E-state index in [9.17, 15) is 21.6 Å². The maximum atomic E-state index is 12.5. The van der Waals surface area contributed by atoms with Crippen LogP contribution < -0.4 is 9.47 Å². The molecule has 2 aliphatic carbocycles. The van der Waals surface area contributed by atoms with Gasteiger partial charge < -0.3 is 13.7 Å². The van der Waals surface area contributed by atoms with Crippen LogP contribution in [-0.2, 0) is 14.3 Å². The minimum absolute atomic E-state index is 0.0739. The molecule has 0 radical (unpaired) electrons. The van der Waals surface area contributed by atoms with Crippen molar-refractivity contribution in [1.82, 2.24) is 0 Å². The minimum atomic E-state index is -5.63. The van der Waals surface area contributed by atoms with Crippen LogP contribution in [0, 0.1) is 0 Å². The van der Waals surface area contributed by atoms with Gasteiger partial charge in [-0.25, -0.2) is 0 Å². The van der Waals surface area contributed by atoms with Gasteiger partial charge >= 0.3 is 15.6 Å². The van der Waals surface area contributed by atoms with Gasteiger partial charge in [0.1, 0.15) is 5.76 Å². The Morgan fingerprint density at radius 1 is 1.11 bits per heavy atom. The van der Waals surface area contributed by atoms with E-state index in [0.29, 0.717) is 17.9 Å². The first kappa shape index (κ1) is 19.9. The number of hydrogen-bond acceptors (Lipinski definition) is 5. The molecule has 1 aromatic rings. The summed E-state index contributed by atoms with van der Waals surface area (Å²) in [4.78, 5) is 0. The predicted octanol–water partition coefficient (Wildman–Crippen LogP) is 4.64. The lowest BCUT2D eigenvalue weighted by atomic mass is 9.96. The molecule has 0 amide bonds. The Hall–Kier alpha value is -1.90. The number of benzene rings is 1. The van der Waals surface area contributed by atoms with Gasteiger partial charge in [-0.2, -0.15) is 21.6 Å². The molecule has 1 atom stereocenters. The summed E-state index contributed by atoms with van der Waals surface area (Å²) in [6.45, 7) is 0. The van der Waals surface area contributed by atoms with Gasteiger partial charge in [0.05, 0.1) is 13.2 Å². The molecule has 150 valence electrons. The van der Waals surface area contributed by atoms with Crippen LogP contribution in [0.25, 0.3) is 0 Å². The van der Waals surface area contributed by atoms with Crippen molar-refractivity contribution in [2.75, 3.05) is 7.11 Å². The first-order chi connectivity index (χ1) is 12.7. The Bertz CT molecular complexity index is 811. The average molecular weight is 406 g/mol. The van der Waals surface area contributed by atoms with Gasteiger partial charge in [0.25, 0.3) is 0 Å². The lowest BCUT2D eigenvalue weighted by molar-refractivity contribution is -0.0523. The molecule has 0 N–H and O–H groups in total. The third-order valence-corrected chi connectivity index (χ3v) is 5.83. The molecule has 0 bridgehead atoms. The second-order valence-corrected chi connectivity index (χ2v) is 8.26. The molecule has 1 saturated carbocycles. The molecule has 2 aliphatic rings. The summed E-state index contributed by atoms with van der Waals surface area (Å²) in [7, 11) is -4.09. The van der Waals surface area contributed by atoms with E-state index in [2.05, 4.69) is 4.18 Å². The third kappa shape index (κ3) is 4.51. The number of hydrogen-bond donors (Lipinski definition) is 0. The smallest absolute Gasteiger partial charge is 0.493 e. The van der Waals surface area contributed by atoms with Crippen molar-refractivity contribution in [3.05, 3.63) is 35.6 Å². The zero-order valence-electron chi connectivity index (χ0n) is 14.8. The van der Waals surface area contributed by atoms with Gasteiger partial charge in [0.15, 0.2) is 11.5 Å². The third-order valence-electron chi connectivity index (χ3n) is 4.83. The normalized spacial score (nSPS) is 21.2. The van der Waals surface area contributed by atoms with Gasteiger partial charge in [-0.1, -0.05) is 6.07 Å². The molecule has 27 heavy (non-hydrogen) atoms. The maximum Gasteiger partial charge on any atom is 0.534 e. The van der Waals surface area contributed by atoms with Crippen molar-refractivity contribution in [1.29, 1.82) is 0 Å². The molecule has 9 heteroatoms. The Morgan fingerprint density at radius 3 is 2.44 bits per heavy atom. The summed E-state index contributed by atoms with van der Waals surface area (Å²) in [6, 6.07) is 5.38. The van der Waals surface area contributed by atoms with Crippen LogP contribution in [0.15, 0.2) is 30.0 Å². The number of methoxy groups -OCH3 is 1. The molecule has 0 aliphatic heterocycles. The Balaban J connectivity index is 1.70. The fraction of sp³-hybridized carbons (Fsp3) is 0.556. The molecule has 3 rings (SSSR count). The maximum absolute atomic E-state index is 12.5. The predicted molar refractivity (Wildman–Crippen MR) is 92.0 cm³/mol. The SMILES string of the molecule is COc1ccc(C2CC=C(OS(=O)(=O)C(F)(F)F)C2)cc1OC1CCCC1. The van der Waals surface area contributed by atoms with E-state index in [1.165, 1.54) is 6.08 Å². The van der Waals surface area contributed by atoms with Crippen LogP contribution in [0.4, 0.5) is 13.2 Å². The molecule has 0 spiro atoms. The Labute approximate surface area is 156 Å². The average Bonchev–Trinajstić information content (AvgIpc) is 3.25. The van der Waals surface area contributed by atoms with E-state index >= 15 is 0 Å². The molecule has 0 heterocycles. The van der Waals surface area contributed by atoms with Gasteiger partial charge in [-0.3, -0.25) is 0 Å². The number of alkyl halides is 3. The van der Waals surface area contributed by atoms with Gasteiger partial charge in [-0.15, -0.1) is 0 Å². The lowest BCUT2D eigenvalue weighted by Gasteiger charge is -2.19. The van der Waals surface area contributed by atoms with Crippen LogP contribution in [0.2, 0.25) is 0 Å². The Morgan fingerprint density at radius 2 is 1.81 bits per heavy atom. The van der Waals surface area contributed by atoms with Crippen LogP contribution in [0.5, 0.6) is 11.5 Å². The van der Waals surface area contributed by atoms with E-state index in [1.54, 1.807) is 19.2 Å². The van der Waals surface area contributed by atoms with E-state index in [-0.39, 0.29) is 24.2 Å². The number of allylic oxidation sites excluding steroid dienone is 2. The standard InChI is InChI=1S/C18H21F3O5S/c1-24-16-9-7-13(11-17(16)25-14-4-2-3-5-14)12-6-8-15(10-12)26-27(22,23)18(19,20)21/h7-9,11-12,14H,2-6,10H2,1H3. The zero-order chi connectivity index (χ0) is 19.7. The topological polar surface area (TPSA) is 61.8 Å². The van der Waals surface area contributed by atoms with Crippen molar-refractivity contribution in [2.24, 2.45) is 0 Å². The van der Waals surface area contributed by atoms with E-state index in [4.69, 9.17) is 9.47 Å². The summed E-state index contributed by atoms with van der Waals surface area (Å²) in [5.41, 5.74) is -4.60. The lowest BCUT2D eigenvalue weighted by Crippen LogP contribution is -2.25. The number of rotatable bonds is 6. The summed E-state index contributed by atoms with van der Waals surface area (Å²) in [5, 5.41) is 0. The summed E-state index contributed by atoms with van der Waals surface area (Å²) >= 11 is 0. The van der Waals surface area contributed by atoms with Crippen molar-refractivity contribution >= 4 is 10.1 Å². The van der Waals surface area contributed by atoms with E-state index in [1.807, 2.05) is 6.07 Å². The van der Waals surface area contributed by atoms with Gasteiger partial charge in [0, 0.05) is 6.42 Å². The highest BCUT2D eigenvalue weighted by Gasteiger charge is 2.49. The first-order valence-electron chi connectivity index (χ1n) is 8.74. The molecule has 1 fully saturated rings. The van der Waals surface area contributed by atoms with Crippen molar-refractivity contribution in [2.45, 2.75) is 56.1 Å². The van der Waals surface area contributed by atoms with E-state index < -0.39 is 15.6 Å². The van der Waals surface area contributed by atoms with E-state index in [0.717, 1.165) is 31.2 Å². The quantitative estimate of drug-likeness (QED) is 0.509. The van der Waals surface area contributed by atoms with Crippen LogP contribution in [0.3, 0.4) is 0 Å². The highest BCUT2D eigenvalue weighted by Crippen LogP contribution is 2.41. The molecular formula is C18H21F3O5S. The molecule has 5 nitrogen and oxygen atoms in total. The fourth-order valence-electron chi connectivity index (χ4n) is 3.42. The molecule has 0 aromatic heterocycles. The van der Waals surface area contributed by atoms with Crippen LogP contribution in [-0.4, -0.2) is 27.1 Å². The second kappa shape index (κ2) is 7.61. The summed E-state index contributed by atoms with van der Waals surface area (Å²) in [5.74, 6) is 0.818. The van der Waals surface area contributed by atoms with Crippen molar-refractivity contribution in [3.63, 3.8) is 0 Å². The monoisotopic (exact) mass is 406 g/mol. The van der Waals surface area contributed by atoms with Crippen LogP contribution in [0.1, 0.15) is 50.0 Å². The molecule has 1 unspecified atom stereocenters. The highest BCUT2D eigenvalue weighted by molar-refractivity contribution is 7.87. The minimum Gasteiger partial charge on any atom is -0.493 e. The highest BCUT2D eigenvalue weighted by atomic mass is 32.2. The Kier molecular flexibility index (Phi) is 5.60. The molecule has 1 aromatic carbocycles. The largest absolute Gasteiger partial charge is 0.534 e. The first-order valence-corrected chi connectivity index (χ1v) is 10.1. The van der Waals surface area contributed by atoms with Crippen molar-refractivity contribution < 1.29 is 35.2 Å². The summed E-state index contributed by atoms with van der Waals surface area (Å²) < 4.78 is 75.3. The molecule has 0 saturated heterocycles. The van der Waals surface area contributed by atoms with Gasteiger partial charge in [-0.05, 0) is 61.8 Å².